The molecular formula is C13H20N2O2S2. The summed E-state index contributed by atoms with van der Waals surface area (Å²) in [6, 6.07) is 0. The second-order valence-corrected chi connectivity index (χ2v) is 7.07. The molecule has 0 saturated heterocycles. The van der Waals surface area contributed by atoms with E-state index < -0.39 is 11.9 Å². The Bertz CT molecular complexity index is 434. The van der Waals surface area contributed by atoms with Gasteiger partial charge in [-0.05, 0) is 37.2 Å². The first-order valence-electron chi connectivity index (χ1n) is 6.76. The highest BCUT2D eigenvalue weighted by Crippen LogP contribution is 2.36. The van der Waals surface area contributed by atoms with E-state index in [-0.39, 0.29) is 0 Å². The van der Waals surface area contributed by atoms with Gasteiger partial charge in [0.2, 0.25) is 0 Å². The van der Waals surface area contributed by atoms with Gasteiger partial charge in [-0.1, -0.05) is 6.92 Å². The van der Waals surface area contributed by atoms with Gasteiger partial charge in [-0.3, -0.25) is 4.79 Å². The Morgan fingerprint density at radius 1 is 1.63 bits per heavy atom. The zero-order chi connectivity index (χ0) is 13.7. The molecule has 0 radical (unpaired) electrons. The van der Waals surface area contributed by atoms with Crippen molar-refractivity contribution in [3.8, 4) is 0 Å². The fourth-order valence-corrected chi connectivity index (χ4v) is 3.98. The number of hydrogen-bond acceptors (Lipinski definition) is 5. The quantitative estimate of drug-likeness (QED) is 0.757. The van der Waals surface area contributed by atoms with Gasteiger partial charge in [-0.2, -0.15) is 11.8 Å². The van der Waals surface area contributed by atoms with E-state index in [0.717, 1.165) is 59.4 Å². The maximum Gasteiger partial charge on any atom is 0.312 e. The Morgan fingerprint density at radius 3 is 3.21 bits per heavy atom. The van der Waals surface area contributed by atoms with Crippen molar-refractivity contribution >= 4 is 34.2 Å². The molecule has 2 rings (SSSR count). The van der Waals surface area contributed by atoms with Crippen LogP contribution in [-0.4, -0.2) is 34.1 Å². The standard InChI is InChI=1S/C13H20N2O2S2/c1-2-18-8-4-7-14-13-15-11-9(12(16)17)5-3-6-10(11)19-13/h9H,2-8H2,1H3,(H,14,15)(H,16,17). The SMILES string of the molecule is CCSCCCNc1nc2c(s1)CCCC2C(=O)O. The lowest BCUT2D eigenvalue weighted by molar-refractivity contribution is -0.139. The van der Waals surface area contributed by atoms with Crippen LogP contribution >= 0.6 is 23.1 Å². The number of anilines is 1. The van der Waals surface area contributed by atoms with Crippen molar-refractivity contribution in [2.75, 3.05) is 23.4 Å². The molecular weight excluding hydrogens is 280 g/mol. The van der Waals surface area contributed by atoms with E-state index >= 15 is 0 Å². The number of aromatic nitrogens is 1. The molecule has 106 valence electrons. The summed E-state index contributed by atoms with van der Waals surface area (Å²) in [7, 11) is 0. The van der Waals surface area contributed by atoms with Gasteiger partial charge in [0.25, 0.3) is 0 Å². The lowest BCUT2D eigenvalue weighted by Crippen LogP contribution is -2.17. The van der Waals surface area contributed by atoms with Crippen LogP contribution in [0.2, 0.25) is 0 Å². The maximum atomic E-state index is 11.2. The Balaban J connectivity index is 1.91. The van der Waals surface area contributed by atoms with E-state index in [1.54, 1.807) is 11.3 Å². The van der Waals surface area contributed by atoms with Crippen LogP contribution in [-0.2, 0) is 11.2 Å². The number of carboxylic acid groups (broad SMARTS) is 1. The van der Waals surface area contributed by atoms with Crippen LogP contribution in [0.5, 0.6) is 0 Å². The van der Waals surface area contributed by atoms with Crippen molar-refractivity contribution in [2.45, 2.75) is 38.5 Å². The maximum absolute atomic E-state index is 11.2. The van der Waals surface area contributed by atoms with Crippen LogP contribution in [0.3, 0.4) is 0 Å². The molecule has 0 spiro atoms. The van der Waals surface area contributed by atoms with Gasteiger partial charge >= 0.3 is 5.97 Å². The van der Waals surface area contributed by atoms with Crippen LogP contribution in [0.1, 0.15) is 42.7 Å². The van der Waals surface area contributed by atoms with Gasteiger partial charge in [0.15, 0.2) is 5.13 Å². The first-order chi connectivity index (χ1) is 9.22. The smallest absolute Gasteiger partial charge is 0.312 e. The molecule has 0 bridgehead atoms. The third-order valence-electron chi connectivity index (χ3n) is 3.20. The Kier molecular flexibility index (Phi) is 5.51. The van der Waals surface area contributed by atoms with Gasteiger partial charge in [-0.15, -0.1) is 11.3 Å². The molecule has 19 heavy (non-hydrogen) atoms. The topological polar surface area (TPSA) is 62.2 Å². The lowest BCUT2D eigenvalue weighted by Gasteiger charge is -2.16. The zero-order valence-electron chi connectivity index (χ0n) is 11.1. The summed E-state index contributed by atoms with van der Waals surface area (Å²) in [5, 5.41) is 13.4. The molecule has 1 aromatic heterocycles. The number of carboxylic acids is 1. The van der Waals surface area contributed by atoms with E-state index in [1.807, 2.05) is 11.8 Å². The van der Waals surface area contributed by atoms with Crippen molar-refractivity contribution < 1.29 is 9.90 Å². The summed E-state index contributed by atoms with van der Waals surface area (Å²) in [4.78, 5) is 16.8. The number of aryl methyl sites for hydroxylation is 1. The van der Waals surface area contributed by atoms with Crippen LogP contribution in [0.25, 0.3) is 0 Å². The van der Waals surface area contributed by atoms with Crippen LogP contribution in [0.4, 0.5) is 5.13 Å². The number of nitrogens with one attached hydrogen (secondary N) is 1. The van der Waals surface area contributed by atoms with Crippen molar-refractivity contribution in [2.24, 2.45) is 0 Å². The molecule has 4 nitrogen and oxygen atoms in total. The Hall–Kier alpha value is -0.750. The van der Waals surface area contributed by atoms with Gasteiger partial charge in [0, 0.05) is 11.4 Å². The number of thiazole rings is 1. The fourth-order valence-electron chi connectivity index (χ4n) is 2.25. The van der Waals surface area contributed by atoms with E-state index in [1.165, 1.54) is 0 Å². The van der Waals surface area contributed by atoms with Crippen LogP contribution < -0.4 is 5.32 Å². The van der Waals surface area contributed by atoms with E-state index in [0.29, 0.717) is 0 Å². The number of rotatable bonds is 7. The number of hydrogen-bond donors (Lipinski definition) is 2. The van der Waals surface area contributed by atoms with Crippen molar-refractivity contribution in [3.63, 3.8) is 0 Å². The van der Waals surface area contributed by atoms with Gasteiger partial charge in [0.05, 0.1) is 5.69 Å². The van der Waals surface area contributed by atoms with E-state index in [9.17, 15) is 9.90 Å². The summed E-state index contributed by atoms with van der Waals surface area (Å²) in [6.45, 7) is 3.08. The average molecular weight is 300 g/mol. The molecule has 0 fully saturated rings. The monoisotopic (exact) mass is 300 g/mol. The zero-order valence-corrected chi connectivity index (χ0v) is 12.8. The normalized spacial score (nSPS) is 18.1. The minimum Gasteiger partial charge on any atom is -0.481 e. The summed E-state index contributed by atoms with van der Waals surface area (Å²) in [5.74, 6) is 1.18. The summed E-state index contributed by atoms with van der Waals surface area (Å²) in [6.07, 6.45) is 3.77. The Morgan fingerprint density at radius 2 is 2.47 bits per heavy atom. The second kappa shape index (κ2) is 7.14. The van der Waals surface area contributed by atoms with Crippen LogP contribution in [0.15, 0.2) is 0 Å². The molecule has 1 atom stereocenters. The number of thioether (sulfide) groups is 1. The first kappa shape index (κ1) is 14.7. The lowest BCUT2D eigenvalue weighted by atomic mass is 9.91. The molecule has 6 heteroatoms. The number of aliphatic carboxylic acids is 1. The summed E-state index contributed by atoms with van der Waals surface area (Å²) < 4.78 is 0. The first-order valence-corrected chi connectivity index (χ1v) is 8.73. The Labute approximate surface area is 122 Å². The van der Waals surface area contributed by atoms with Gasteiger partial charge in [0.1, 0.15) is 5.92 Å². The molecule has 2 N–H and O–H groups in total. The number of fused-ring (bicyclic) bond motifs is 1. The summed E-state index contributed by atoms with van der Waals surface area (Å²) >= 11 is 3.57. The molecule has 0 saturated carbocycles. The molecule has 0 aliphatic heterocycles. The van der Waals surface area contributed by atoms with Crippen LogP contribution in [0, 0.1) is 0 Å². The molecule has 1 heterocycles. The molecule has 1 aliphatic carbocycles. The molecule has 0 amide bonds. The third-order valence-corrected chi connectivity index (χ3v) is 5.27. The number of nitrogens with zero attached hydrogens (tertiary/aromatic N) is 1. The van der Waals surface area contributed by atoms with Gasteiger partial charge < -0.3 is 10.4 Å². The van der Waals surface area contributed by atoms with Gasteiger partial charge in [-0.25, -0.2) is 4.98 Å². The molecule has 1 aromatic rings. The van der Waals surface area contributed by atoms with E-state index in [2.05, 4.69) is 17.2 Å². The minimum absolute atomic E-state index is 0.397. The minimum atomic E-state index is -0.739. The highest BCUT2D eigenvalue weighted by atomic mass is 32.2. The molecule has 1 unspecified atom stereocenters. The third kappa shape index (κ3) is 3.86. The second-order valence-electron chi connectivity index (χ2n) is 4.59. The highest BCUT2D eigenvalue weighted by molar-refractivity contribution is 7.99. The largest absolute Gasteiger partial charge is 0.481 e. The predicted octanol–water partition coefficient (Wildman–Crippen LogP) is 3.20. The molecule has 0 aromatic carbocycles. The average Bonchev–Trinajstić information content (AvgIpc) is 2.80. The van der Waals surface area contributed by atoms with Crippen molar-refractivity contribution in [1.82, 2.24) is 4.98 Å². The fraction of sp³-hybridized carbons (Fsp3) is 0.692. The number of carbonyl (C=O) groups is 1. The summed E-state index contributed by atoms with van der Waals surface area (Å²) in [5.41, 5.74) is 0.800. The highest BCUT2D eigenvalue weighted by Gasteiger charge is 2.29. The predicted molar refractivity (Wildman–Crippen MR) is 81.5 cm³/mol. The van der Waals surface area contributed by atoms with E-state index in [4.69, 9.17) is 0 Å². The van der Waals surface area contributed by atoms with Crippen molar-refractivity contribution in [3.05, 3.63) is 10.6 Å². The van der Waals surface area contributed by atoms with Crippen molar-refractivity contribution in [1.29, 1.82) is 0 Å². The molecule has 1 aliphatic rings.